The van der Waals surface area contributed by atoms with Crippen molar-refractivity contribution >= 4 is 66.2 Å². The SMILES string of the molecule is CSCCC(NC(=O)c1ccccc1Br)C(=O)Nc1nc2c(C)cccc2s1. The Morgan fingerprint density at radius 3 is 2.71 bits per heavy atom. The van der Waals surface area contributed by atoms with E-state index in [1.807, 2.05) is 37.4 Å². The molecule has 8 heteroatoms. The van der Waals surface area contributed by atoms with Crippen LogP contribution in [0.2, 0.25) is 0 Å². The van der Waals surface area contributed by atoms with Crippen LogP contribution in [0.15, 0.2) is 46.9 Å². The second-order valence-corrected chi connectivity index (χ2v) is 9.09. The molecule has 146 valence electrons. The number of halogens is 1. The summed E-state index contributed by atoms with van der Waals surface area (Å²) in [6.07, 6.45) is 2.51. The van der Waals surface area contributed by atoms with Gasteiger partial charge < -0.3 is 10.6 Å². The minimum absolute atomic E-state index is 0.258. The Morgan fingerprint density at radius 2 is 2.00 bits per heavy atom. The van der Waals surface area contributed by atoms with Gasteiger partial charge in [0.25, 0.3) is 5.91 Å². The number of rotatable bonds is 7. The second-order valence-electron chi connectivity index (χ2n) is 6.22. The summed E-state index contributed by atoms with van der Waals surface area (Å²) < 4.78 is 1.71. The van der Waals surface area contributed by atoms with Gasteiger partial charge in [-0.15, -0.1) is 0 Å². The van der Waals surface area contributed by atoms with E-state index in [0.717, 1.165) is 21.5 Å². The standard InChI is InChI=1S/C20H20BrN3O2S2/c1-12-6-5-9-16-17(12)23-20(28-16)24-19(26)15(10-11-27-2)22-18(25)13-7-3-4-8-14(13)21/h3-9,15H,10-11H2,1-2H3,(H,22,25)(H,23,24,26). The number of thiazole rings is 1. The number of aromatic nitrogens is 1. The molecule has 2 N–H and O–H groups in total. The molecule has 1 heterocycles. The number of hydrogen-bond acceptors (Lipinski definition) is 5. The van der Waals surface area contributed by atoms with Crippen LogP contribution in [0.1, 0.15) is 22.3 Å². The van der Waals surface area contributed by atoms with Crippen molar-refractivity contribution in [2.45, 2.75) is 19.4 Å². The highest BCUT2D eigenvalue weighted by molar-refractivity contribution is 9.10. The number of hydrogen-bond donors (Lipinski definition) is 2. The molecule has 0 saturated carbocycles. The minimum Gasteiger partial charge on any atom is -0.340 e. The molecule has 1 unspecified atom stereocenters. The highest BCUT2D eigenvalue weighted by Crippen LogP contribution is 2.28. The molecule has 1 atom stereocenters. The first-order chi connectivity index (χ1) is 13.5. The number of benzene rings is 2. The summed E-state index contributed by atoms with van der Waals surface area (Å²) >= 11 is 6.44. The maximum atomic E-state index is 12.9. The van der Waals surface area contributed by atoms with Gasteiger partial charge in [0.15, 0.2) is 5.13 Å². The molecule has 2 aromatic carbocycles. The molecule has 3 aromatic rings. The summed E-state index contributed by atoms with van der Waals surface area (Å²) in [6.45, 7) is 1.99. The Kier molecular flexibility index (Phi) is 7.09. The number of amides is 2. The van der Waals surface area contributed by atoms with E-state index in [0.29, 0.717) is 21.6 Å². The highest BCUT2D eigenvalue weighted by atomic mass is 79.9. The summed E-state index contributed by atoms with van der Waals surface area (Å²) in [6, 6.07) is 12.5. The fraction of sp³-hybridized carbons (Fsp3) is 0.250. The molecule has 0 spiro atoms. The molecule has 3 rings (SSSR count). The van der Waals surface area contributed by atoms with E-state index < -0.39 is 6.04 Å². The van der Waals surface area contributed by atoms with Crippen LogP contribution in [-0.4, -0.2) is 34.8 Å². The number of anilines is 1. The monoisotopic (exact) mass is 477 g/mol. The van der Waals surface area contributed by atoms with Crippen molar-refractivity contribution in [3.63, 3.8) is 0 Å². The van der Waals surface area contributed by atoms with E-state index in [9.17, 15) is 9.59 Å². The highest BCUT2D eigenvalue weighted by Gasteiger charge is 2.23. The Hall–Kier alpha value is -1.90. The molecule has 0 fully saturated rings. The first-order valence-electron chi connectivity index (χ1n) is 8.71. The molecule has 0 aliphatic heterocycles. The molecular weight excluding hydrogens is 458 g/mol. The Bertz CT molecular complexity index is 1010. The van der Waals surface area contributed by atoms with Gasteiger partial charge in [-0.05, 0) is 65.0 Å². The van der Waals surface area contributed by atoms with E-state index in [2.05, 4.69) is 31.5 Å². The Balaban J connectivity index is 1.76. The van der Waals surface area contributed by atoms with Crippen LogP contribution in [0.5, 0.6) is 0 Å². The molecule has 2 amide bonds. The van der Waals surface area contributed by atoms with E-state index in [1.54, 1.807) is 30.0 Å². The average Bonchev–Trinajstić information content (AvgIpc) is 3.09. The van der Waals surface area contributed by atoms with Gasteiger partial charge in [-0.1, -0.05) is 35.6 Å². The topological polar surface area (TPSA) is 71.1 Å². The largest absolute Gasteiger partial charge is 0.340 e. The van der Waals surface area contributed by atoms with E-state index in [1.165, 1.54) is 11.3 Å². The van der Waals surface area contributed by atoms with Gasteiger partial charge in [0.1, 0.15) is 6.04 Å². The molecular formula is C20H20BrN3O2S2. The van der Waals surface area contributed by atoms with Crippen LogP contribution in [0, 0.1) is 6.92 Å². The van der Waals surface area contributed by atoms with Crippen molar-refractivity contribution in [3.05, 3.63) is 58.1 Å². The lowest BCUT2D eigenvalue weighted by Gasteiger charge is -2.17. The lowest BCUT2D eigenvalue weighted by molar-refractivity contribution is -0.118. The minimum atomic E-state index is -0.639. The van der Waals surface area contributed by atoms with Crippen molar-refractivity contribution < 1.29 is 9.59 Å². The summed E-state index contributed by atoms with van der Waals surface area (Å²) in [5.74, 6) is 0.216. The zero-order valence-electron chi connectivity index (χ0n) is 15.5. The first kappa shape index (κ1) is 20.8. The van der Waals surface area contributed by atoms with Crippen molar-refractivity contribution in [1.29, 1.82) is 0 Å². The van der Waals surface area contributed by atoms with Gasteiger partial charge in [-0.3, -0.25) is 9.59 Å². The van der Waals surface area contributed by atoms with Crippen molar-refractivity contribution in [3.8, 4) is 0 Å². The number of aryl methyl sites for hydroxylation is 1. The van der Waals surface area contributed by atoms with Gasteiger partial charge >= 0.3 is 0 Å². The van der Waals surface area contributed by atoms with E-state index in [-0.39, 0.29) is 11.8 Å². The van der Waals surface area contributed by atoms with Gasteiger partial charge in [-0.25, -0.2) is 4.98 Å². The average molecular weight is 478 g/mol. The maximum Gasteiger partial charge on any atom is 0.253 e. The third-order valence-electron chi connectivity index (χ3n) is 4.20. The summed E-state index contributed by atoms with van der Waals surface area (Å²) in [4.78, 5) is 30.0. The van der Waals surface area contributed by atoms with Crippen LogP contribution in [0.4, 0.5) is 5.13 Å². The predicted molar refractivity (Wildman–Crippen MR) is 121 cm³/mol. The number of para-hydroxylation sites is 1. The number of nitrogens with zero attached hydrogens (tertiary/aromatic N) is 1. The number of carbonyl (C=O) groups excluding carboxylic acids is 2. The number of thioether (sulfide) groups is 1. The maximum absolute atomic E-state index is 12.9. The van der Waals surface area contributed by atoms with Crippen LogP contribution < -0.4 is 10.6 Å². The van der Waals surface area contributed by atoms with Crippen molar-refractivity contribution in [2.24, 2.45) is 0 Å². The zero-order chi connectivity index (χ0) is 20.1. The molecule has 28 heavy (non-hydrogen) atoms. The van der Waals surface area contributed by atoms with Gasteiger partial charge in [0.05, 0.1) is 15.8 Å². The van der Waals surface area contributed by atoms with E-state index in [4.69, 9.17) is 0 Å². The van der Waals surface area contributed by atoms with Crippen LogP contribution in [-0.2, 0) is 4.79 Å². The molecule has 0 aliphatic carbocycles. The number of fused-ring (bicyclic) bond motifs is 1. The lowest BCUT2D eigenvalue weighted by Crippen LogP contribution is -2.44. The molecule has 0 bridgehead atoms. The third kappa shape index (κ3) is 4.92. The normalized spacial score (nSPS) is 12.0. The predicted octanol–water partition coefficient (Wildman–Crippen LogP) is 4.86. The van der Waals surface area contributed by atoms with Crippen LogP contribution in [0.25, 0.3) is 10.2 Å². The second kappa shape index (κ2) is 9.54. The zero-order valence-corrected chi connectivity index (χ0v) is 18.7. The number of carbonyl (C=O) groups is 2. The van der Waals surface area contributed by atoms with Crippen LogP contribution >= 0.6 is 39.0 Å². The summed E-state index contributed by atoms with van der Waals surface area (Å²) in [7, 11) is 0. The van der Waals surface area contributed by atoms with Crippen molar-refractivity contribution in [2.75, 3.05) is 17.3 Å². The summed E-state index contributed by atoms with van der Waals surface area (Å²) in [5.41, 5.74) is 2.45. The first-order valence-corrected chi connectivity index (χ1v) is 11.7. The fourth-order valence-electron chi connectivity index (χ4n) is 2.72. The van der Waals surface area contributed by atoms with Gasteiger partial charge in [-0.2, -0.15) is 11.8 Å². The molecule has 1 aromatic heterocycles. The van der Waals surface area contributed by atoms with Gasteiger partial charge in [0.2, 0.25) is 5.91 Å². The summed E-state index contributed by atoms with van der Waals surface area (Å²) in [5, 5.41) is 6.27. The van der Waals surface area contributed by atoms with Gasteiger partial charge in [0, 0.05) is 4.47 Å². The quantitative estimate of drug-likeness (QED) is 0.509. The molecule has 5 nitrogen and oxygen atoms in total. The number of nitrogens with one attached hydrogen (secondary N) is 2. The Morgan fingerprint density at radius 1 is 1.21 bits per heavy atom. The smallest absolute Gasteiger partial charge is 0.253 e. The molecule has 0 aliphatic rings. The van der Waals surface area contributed by atoms with Crippen molar-refractivity contribution in [1.82, 2.24) is 10.3 Å². The molecule has 0 radical (unpaired) electrons. The van der Waals surface area contributed by atoms with E-state index >= 15 is 0 Å². The lowest BCUT2D eigenvalue weighted by atomic mass is 10.1. The Labute approximate surface area is 180 Å². The third-order valence-corrected chi connectivity index (χ3v) is 6.47. The molecule has 0 saturated heterocycles. The van der Waals surface area contributed by atoms with Crippen LogP contribution in [0.3, 0.4) is 0 Å². The fourth-order valence-corrected chi connectivity index (χ4v) is 4.60.